The Balaban J connectivity index is 1.68. The summed E-state index contributed by atoms with van der Waals surface area (Å²) in [5, 5.41) is 5.17. The molecule has 2 aliphatic carbocycles. The second-order valence-corrected chi connectivity index (χ2v) is 6.98. The molecular weight excluding hydrogens is 284 g/mol. The van der Waals surface area contributed by atoms with Gasteiger partial charge in [-0.1, -0.05) is 6.42 Å². The van der Waals surface area contributed by atoms with E-state index in [4.69, 9.17) is 4.98 Å². The molecule has 4 rings (SSSR count). The first-order valence-corrected chi connectivity index (χ1v) is 8.25. The highest BCUT2D eigenvalue weighted by atomic mass is 32.1. The quantitative estimate of drug-likeness (QED) is 0.856. The van der Waals surface area contributed by atoms with Crippen LogP contribution in [0.25, 0.3) is 11.3 Å². The molecule has 0 unspecified atom stereocenters. The number of nitrogens with zero attached hydrogens (tertiary/aromatic N) is 4. The first-order chi connectivity index (χ1) is 10.1. The Labute approximate surface area is 127 Å². The highest BCUT2D eigenvalue weighted by Gasteiger charge is 2.31. The molecule has 0 aliphatic heterocycles. The van der Waals surface area contributed by atoms with Crippen molar-refractivity contribution in [1.29, 1.82) is 0 Å². The first-order valence-electron chi connectivity index (χ1n) is 7.43. The van der Waals surface area contributed by atoms with Crippen LogP contribution in [0.2, 0.25) is 0 Å². The molecule has 0 N–H and O–H groups in total. The van der Waals surface area contributed by atoms with Crippen molar-refractivity contribution in [1.82, 2.24) is 14.8 Å². The summed E-state index contributed by atoms with van der Waals surface area (Å²) in [7, 11) is 3.83. The van der Waals surface area contributed by atoms with E-state index < -0.39 is 0 Å². The van der Waals surface area contributed by atoms with E-state index in [1.165, 1.54) is 17.0 Å². The highest BCUT2D eigenvalue weighted by Crippen LogP contribution is 2.39. The molecule has 0 atom stereocenters. The van der Waals surface area contributed by atoms with E-state index in [0.717, 1.165) is 42.1 Å². The standard InChI is InChI=1S/C15H18N4OS/c1-18(14(20)9-4-3-5-9)15-17-13-10-8-16-19(2)11(10)6-7-12(13)21-15/h8-9H,3-7H2,1-2H3. The van der Waals surface area contributed by atoms with Crippen LogP contribution in [-0.2, 0) is 24.7 Å². The second-order valence-electron chi connectivity index (χ2n) is 5.92. The normalized spacial score (nSPS) is 17.0. The Morgan fingerprint density at radius 3 is 2.95 bits per heavy atom. The van der Waals surface area contributed by atoms with Crippen LogP contribution in [0.1, 0.15) is 29.8 Å². The minimum atomic E-state index is 0.213. The van der Waals surface area contributed by atoms with E-state index in [2.05, 4.69) is 5.10 Å². The van der Waals surface area contributed by atoms with Crippen molar-refractivity contribution < 1.29 is 4.79 Å². The zero-order valence-corrected chi connectivity index (χ0v) is 13.1. The average molecular weight is 302 g/mol. The summed E-state index contributed by atoms with van der Waals surface area (Å²) in [4.78, 5) is 20.1. The van der Waals surface area contributed by atoms with Gasteiger partial charge in [-0.2, -0.15) is 5.10 Å². The third-order valence-electron chi connectivity index (χ3n) is 4.66. The minimum absolute atomic E-state index is 0.213. The van der Waals surface area contributed by atoms with E-state index in [1.807, 2.05) is 25.0 Å². The Bertz CT molecular complexity index is 713. The largest absolute Gasteiger partial charge is 0.291 e. The SMILES string of the molecule is CN(C(=O)C1CCC1)c1nc2c(s1)CCc1c-2cnn1C. The fraction of sp³-hybridized carbons (Fsp3) is 0.533. The first kappa shape index (κ1) is 13.0. The lowest BCUT2D eigenvalue weighted by Gasteiger charge is -2.27. The number of amides is 1. The van der Waals surface area contributed by atoms with Gasteiger partial charge in [0.05, 0.1) is 11.9 Å². The predicted molar refractivity (Wildman–Crippen MR) is 82.5 cm³/mol. The van der Waals surface area contributed by atoms with Crippen molar-refractivity contribution in [3.05, 3.63) is 16.8 Å². The van der Waals surface area contributed by atoms with E-state index in [0.29, 0.717) is 0 Å². The summed E-state index contributed by atoms with van der Waals surface area (Å²) in [6.07, 6.45) is 7.12. The highest BCUT2D eigenvalue weighted by molar-refractivity contribution is 7.16. The number of carbonyl (C=O) groups is 1. The van der Waals surface area contributed by atoms with E-state index in [1.54, 1.807) is 16.2 Å². The molecule has 0 radical (unpaired) electrons. The summed E-state index contributed by atoms with van der Waals surface area (Å²) in [5.74, 6) is 0.434. The molecule has 2 aromatic rings. The van der Waals surface area contributed by atoms with Gasteiger partial charge in [-0.25, -0.2) is 4.98 Å². The van der Waals surface area contributed by atoms with Gasteiger partial charge >= 0.3 is 0 Å². The third-order valence-corrected chi connectivity index (χ3v) is 5.86. The smallest absolute Gasteiger partial charge is 0.231 e. The fourth-order valence-electron chi connectivity index (χ4n) is 3.08. The van der Waals surface area contributed by atoms with Crippen LogP contribution in [0.3, 0.4) is 0 Å². The van der Waals surface area contributed by atoms with Crippen molar-refractivity contribution in [2.24, 2.45) is 13.0 Å². The Morgan fingerprint density at radius 2 is 2.24 bits per heavy atom. The van der Waals surface area contributed by atoms with Crippen LogP contribution in [0, 0.1) is 5.92 Å². The molecule has 0 bridgehead atoms. The van der Waals surface area contributed by atoms with Crippen LogP contribution in [0.4, 0.5) is 5.13 Å². The van der Waals surface area contributed by atoms with Gasteiger partial charge in [-0.05, 0) is 25.7 Å². The summed E-state index contributed by atoms with van der Waals surface area (Å²) >= 11 is 1.65. The monoisotopic (exact) mass is 302 g/mol. The molecule has 2 heterocycles. The van der Waals surface area contributed by atoms with Gasteiger partial charge in [0.15, 0.2) is 5.13 Å². The van der Waals surface area contributed by atoms with Gasteiger partial charge in [0.25, 0.3) is 0 Å². The summed E-state index contributed by atoms with van der Waals surface area (Å²) < 4.78 is 1.93. The lowest BCUT2D eigenvalue weighted by Crippen LogP contribution is -2.36. The molecular formula is C15H18N4OS. The van der Waals surface area contributed by atoms with E-state index >= 15 is 0 Å². The number of thiazole rings is 1. The molecule has 1 saturated carbocycles. The van der Waals surface area contributed by atoms with E-state index in [9.17, 15) is 4.79 Å². The molecule has 110 valence electrons. The molecule has 0 spiro atoms. The van der Waals surface area contributed by atoms with Crippen molar-refractivity contribution in [2.75, 3.05) is 11.9 Å². The van der Waals surface area contributed by atoms with Crippen molar-refractivity contribution >= 4 is 22.4 Å². The number of anilines is 1. The maximum atomic E-state index is 12.4. The molecule has 5 nitrogen and oxygen atoms in total. The van der Waals surface area contributed by atoms with Crippen LogP contribution in [0.15, 0.2) is 6.20 Å². The van der Waals surface area contributed by atoms with Gasteiger partial charge in [-0.15, -0.1) is 11.3 Å². The minimum Gasteiger partial charge on any atom is -0.291 e. The number of rotatable bonds is 2. The number of hydrogen-bond acceptors (Lipinski definition) is 4. The zero-order valence-electron chi connectivity index (χ0n) is 12.3. The molecule has 0 aromatic carbocycles. The predicted octanol–water partition coefficient (Wildman–Crippen LogP) is 2.41. The summed E-state index contributed by atoms with van der Waals surface area (Å²) in [6.45, 7) is 0. The average Bonchev–Trinajstić information content (AvgIpc) is 2.99. The number of carbonyl (C=O) groups excluding carboxylic acids is 1. The number of aromatic nitrogens is 3. The zero-order chi connectivity index (χ0) is 14.6. The third kappa shape index (κ3) is 1.92. The molecule has 21 heavy (non-hydrogen) atoms. The topological polar surface area (TPSA) is 51.0 Å². The molecule has 1 amide bonds. The molecule has 2 aliphatic rings. The Kier molecular flexibility index (Phi) is 2.89. The molecule has 6 heteroatoms. The molecule has 2 aromatic heterocycles. The van der Waals surface area contributed by atoms with Crippen LogP contribution in [-0.4, -0.2) is 27.7 Å². The number of fused-ring (bicyclic) bond motifs is 3. The lowest BCUT2D eigenvalue weighted by molar-refractivity contribution is -0.124. The lowest BCUT2D eigenvalue weighted by atomic mass is 9.84. The second kappa shape index (κ2) is 4.66. The van der Waals surface area contributed by atoms with Gasteiger partial charge < -0.3 is 0 Å². The van der Waals surface area contributed by atoms with Gasteiger partial charge in [-0.3, -0.25) is 14.4 Å². The van der Waals surface area contributed by atoms with Crippen molar-refractivity contribution in [2.45, 2.75) is 32.1 Å². The maximum absolute atomic E-state index is 12.4. The maximum Gasteiger partial charge on any atom is 0.231 e. The summed E-state index contributed by atoms with van der Waals surface area (Å²) in [5.41, 5.74) is 3.40. The van der Waals surface area contributed by atoms with Gasteiger partial charge in [0.2, 0.25) is 5.91 Å². The van der Waals surface area contributed by atoms with Gasteiger partial charge in [0.1, 0.15) is 0 Å². The number of hydrogen-bond donors (Lipinski definition) is 0. The fourth-order valence-corrected chi connectivity index (χ4v) is 4.12. The summed E-state index contributed by atoms with van der Waals surface area (Å²) in [6, 6.07) is 0. The van der Waals surface area contributed by atoms with Crippen LogP contribution in [0.5, 0.6) is 0 Å². The molecule has 0 saturated heterocycles. The number of aryl methyl sites for hydroxylation is 2. The van der Waals surface area contributed by atoms with Crippen molar-refractivity contribution in [3.63, 3.8) is 0 Å². The van der Waals surface area contributed by atoms with Gasteiger partial charge in [0, 0.05) is 36.1 Å². The van der Waals surface area contributed by atoms with Crippen LogP contribution < -0.4 is 4.90 Å². The van der Waals surface area contributed by atoms with Crippen LogP contribution >= 0.6 is 11.3 Å². The van der Waals surface area contributed by atoms with E-state index in [-0.39, 0.29) is 11.8 Å². The molecule has 1 fully saturated rings. The Morgan fingerprint density at radius 1 is 1.43 bits per heavy atom. The van der Waals surface area contributed by atoms with Crippen molar-refractivity contribution in [3.8, 4) is 11.3 Å². The Hall–Kier alpha value is -1.69.